The standard InChI is InChI=1S/C28H25F10NO2/c1-16(2)17-6-4-10-21(13-17)41-22-11-5-8-19(14-22)24(39-15-23(40)26(31,32)33)18-7-3-9-20(12-18)25(29,30)27(34,35)28(36,37)38/h3-14,16,23-24,39-40H,15H2,1-2H3. The van der Waals surface area contributed by atoms with E-state index in [0.29, 0.717) is 17.9 Å². The summed E-state index contributed by atoms with van der Waals surface area (Å²) in [5.74, 6) is -11.4. The molecule has 0 aliphatic heterocycles. The van der Waals surface area contributed by atoms with Crippen molar-refractivity contribution < 1.29 is 53.7 Å². The number of aliphatic hydroxyl groups is 1. The summed E-state index contributed by atoms with van der Waals surface area (Å²) in [4.78, 5) is 0. The number of aliphatic hydroxyl groups excluding tert-OH is 1. The summed E-state index contributed by atoms with van der Waals surface area (Å²) in [7, 11) is 0. The Hall–Kier alpha value is -3.32. The van der Waals surface area contributed by atoms with Gasteiger partial charge in [-0.05, 0) is 52.9 Å². The number of hydrogen-bond acceptors (Lipinski definition) is 3. The Kier molecular flexibility index (Phi) is 9.33. The maximum Gasteiger partial charge on any atom is 0.460 e. The summed E-state index contributed by atoms with van der Waals surface area (Å²) in [5, 5.41) is 11.8. The largest absolute Gasteiger partial charge is 0.460 e. The Morgan fingerprint density at radius 3 is 1.71 bits per heavy atom. The van der Waals surface area contributed by atoms with Gasteiger partial charge < -0.3 is 15.2 Å². The van der Waals surface area contributed by atoms with Crippen molar-refractivity contribution in [2.75, 3.05) is 6.54 Å². The molecule has 0 fully saturated rings. The molecule has 0 saturated carbocycles. The lowest BCUT2D eigenvalue weighted by Crippen LogP contribution is -2.50. The van der Waals surface area contributed by atoms with Gasteiger partial charge in [0.25, 0.3) is 0 Å². The lowest BCUT2D eigenvalue weighted by molar-refractivity contribution is -0.359. The van der Waals surface area contributed by atoms with Gasteiger partial charge in [0, 0.05) is 12.1 Å². The van der Waals surface area contributed by atoms with E-state index in [9.17, 15) is 49.0 Å². The van der Waals surface area contributed by atoms with Gasteiger partial charge in [-0.1, -0.05) is 56.3 Å². The molecule has 224 valence electrons. The van der Waals surface area contributed by atoms with Crippen LogP contribution in [0, 0.1) is 0 Å². The molecule has 3 nitrogen and oxygen atoms in total. The monoisotopic (exact) mass is 597 g/mol. The Morgan fingerprint density at radius 2 is 1.20 bits per heavy atom. The highest BCUT2D eigenvalue weighted by Gasteiger charge is 2.73. The van der Waals surface area contributed by atoms with Crippen molar-refractivity contribution in [1.82, 2.24) is 5.32 Å². The molecule has 3 rings (SSSR count). The number of halogens is 10. The van der Waals surface area contributed by atoms with E-state index in [1.165, 1.54) is 24.3 Å². The molecule has 0 saturated heterocycles. The number of alkyl halides is 10. The normalized spacial score (nSPS) is 14.7. The van der Waals surface area contributed by atoms with Crippen molar-refractivity contribution in [2.45, 2.75) is 56.1 Å². The third-order valence-corrected chi connectivity index (χ3v) is 6.18. The van der Waals surface area contributed by atoms with Crippen molar-refractivity contribution in [3.8, 4) is 11.5 Å². The summed E-state index contributed by atoms with van der Waals surface area (Å²) in [5.41, 5.74) is -1.06. The van der Waals surface area contributed by atoms with Gasteiger partial charge in [0.05, 0.1) is 6.04 Å². The number of nitrogens with one attached hydrogen (secondary N) is 1. The molecule has 0 amide bonds. The molecule has 2 atom stereocenters. The molecule has 0 aromatic heterocycles. The molecule has 0 spiro atoms. The second-order valence-corrected chi connectivity index (χ2v) is 9.57. The van der Waals surface area contributed by atoms with Crippen LogP contribution in [0.5, 0.6) is 11.5 Å². The Morgan fingerprint density at radius 1 is 0.707 bits per heavy atom. The molecule has 0 radical (unpaired) electrons. The average molecular weight is 597 g/mol. The first-order valence-corrected chi connectivity index (χ1v) is 12.1. The number of ether oxygens (including phenoxy) is 1. The molecular weight excluding hydrogens is 572 g/mol. The summed E-state index contributed by atoms with van der Waals surface area (Å²) < 4.78 is 139. The van der Waals surface area contributed by atoms with Crippen LogP contribution >= 0.6 is 0 Å². The van der Waals surface area contributed by atoms with E-state index in [-0.39, 0.29) is 22.8 Å². The first-order chi connectivity index (χ1) is 18.8. The number of benzene rings is 3. The summed E-state index contributed by atoms with van der Waals surface area (Å²) in [6.45, 7) is 2.75. The number of rotatable bonds is 10. The van der Waals surface area contributed by atoms with Gasteiger partial charge in [-0.3, -0.25) is 0 Å². The minimum absolute atomic E-state index is 0.0833. The van der Waals surface area contributed by atoms with Crippen LogP contribution in [0.3, 0.4) is 0 Å². The fraction of sp³-hybridized carbons (Fsp3) is 0.357. The third-order valence-electron chi connectivity index (χ3n) is 6.18. The first kappa shape index (κ1) is 32.2. The van der Waals surface area contributed by atoms with Crippen molar-refractivity contribution >= 4 is 0 Å². The zero-order chi connectivity index (χ0) is 30.8. The molecule has 2 N–H and O–H groups in total. The molecule has 2 unspecified atom stereocenters. The molecular formula is C28H25F10NO2. The SMILES string of the molecule is CC(C)c1cccc(Oc2cccc(C(NCC(O)C(F)(F)F)c3cccc(C(F)(F)C(F)(F)C(F)(F)F)c3)c2)c1. The van der Waals surface area contributed by atoms with Crippen molar-refractivity contribution in [2.24, 2.45) is 0 Å². The molecule has 0 aliphatic carbocycles. The van der Waals surface area contributed by atoms with Gasteiger partial charge in [-0.2, -0.15) is 43.9 Å². The minimum Gasteiger partial charge on any atom is -0.457 e. The van der Waals surface area contributed by atoms with Crippen LogP contribution in [0.25, 0.3) is 0 Å². The van der Waals surface area contributed by atoms with Gasteiger partial charge >= 0.3 is 24.2 Å². The quantitative estimate of drug-likeness (QED) is 0.230. The van der Waals surface area contributed by atoms with E-state index >= 15 is 0 Å². The van der Waals surface area contributed by atoms with E-state index < -0.39 is 48.5 Å². The zero-order valence-corrected chi connectivity index (χ0v) is 21.5. The first-order valence-electron chi connectivity index (χ1n) is 12.1. The van der Waals surface area contributed by atoms with Crippen LogP contribution in [0.4, 0.5) is 43.9 Å². The van der Waals surface area contributed by atoms with Crippen LogP contribution in [0.2, 0.25) is 0 Å². The maximum atomic E-state index is 14.4. The fourth-order valence-electron chi connectivity index (χ4n) is 3.88. The molecule has 0 aliphatic rings. The van der Waals surface area contributed by atoms with E-state index in [1.807, 2.05) is 19.9 Å². The van der Waals surface area contributed by atoms with Gasteiger partial charge in [0.15, 0.2) is 6.10 Å². The third kappa shape index (κ3) is 7.31. The molecule has 3 aromatic carbocycles. The Labute approximate surface area is 228 Å². The molecule has 0 bridgehead atoms. The van der Waals surface area contributed by atoms with Crippen molar-refractivity contribution in [1.29, 1.82) is 0 Å². The van der Waals surface area contributed by atoms with Gasteiger partial charge in [0.2, 0.25) is 0 Å². The van der Waals surface area contributed by atoms with E-state index in [1.54, 1.807) is 18.2 Å². The predicted octanol–water partition coefficient (Wildman–Crippen LogP) is 8.49. The van der Waals surface area contributed by atoms with Gasteiger partial charge in [0.1, 0.15) is 11.5 Å². The number of hydrogen-bond donors (Lipinski definition) is 2. The van der Waals surface area contributed by atoms with Crippen LogP contribution in [-0.2, 0) is 5.92 Å². The van der Waals surface area contributed by atoms with Crippen LogP contribution in [0.1, 0.15) is 48.1 Å². The molecule has 13 heteroatoms. The van der Waals surface area contributed by atoms with E-state index in [4.69, 9.17) is 4.74 Å². The summed E-state index contributed by atoms with van der Waals surface area (Å²) in [6.07, 6.45) is -14.5. The smallest absolute Gasteiger partial charge is 0.457 e. The molecule has 41 heavy (non-hydrogen) atoms. The Balaban J connectivity index is 2.04. The molecule has 3 aromatic rings. The average Bonchev–Trinajstić information content (AvgIpc) is 2.88. The van der Waals surface area contributed by atoms with Crippen molar-refractivity contribution in [3.63, 3.8) is 0 Å². The van der Waals surface area contributed by atoms with Crippen LogP contribution < -0.4 is 10.1 Å². The lowest BCUT2D eigenvalue weighted by atomic mass is 9.93. The molecule has 0 heterocycles. The lowest BCUT2D eigenvalue weighted by Gasteiger charge is -2.29. The van der Waals surface area contributed by atoms with E-state index in [2.05, 4.69) is 5.32 Å². The minimum atomic E-state index is -6.58. The topological polar surface area (TPSA) is 41.5 Å². The van der Waals surface area contributed by atoms with Crippen molar-refractivity contribution in [3.05, 3.63) is 95.1 Å². The van der Waals surface area contributed by atoms with E-state index in [0.717, 1.165) is 17.7 Å². The second kappa shape index (κ2) is 11.9. The van der Waals surface area contributed by atoms with Crippen LogP contribution in [-0.4, -0.2) is 36.0 Å². The fourth-order valence-corrected chi connectivity index (χ4v) is 3.88. The van der Waals surface area contributed by atoms with Crippen LogP contribution in [0.15, 0.2) is 72.8 Å². The predicted molar refractivity (Wildman–Crippen MR) is 130 cm³/mol. The maximum absolute atomic E-state index is 14.4. The zero-order valence-electron chi connectivity index (χ0n) is 21.5. The highest BCUT2D eigenvalue weighted by molar-refractivity contribution is 5.41. The Bertz CT molecular complexity index is 1320. The van der Waals surface area contributed by atoms with Gasteiger partial charge in [-0.25, -0.2) is 0 Å². The highest BCUT2D eigenvalue weighted by Crippen LogP contribution is 2.52. The van der Waals surface area contributed by atoms with Gasteiger partial charge in [-0.15, -0.1) is 0 Å². The second-order valence-electron chi connectivity index (χ2n) is 9.57. The summed E-state index contributed by atoms with van der Waals surface area (Å²) >= 11 is 0. The highest BCUT2D eigenvalue weighted by atomic mass is 19.4. The summed E-state index contributed by atoms with van der Waals surface area (Å²) in [6, 6.07) is 13.6.